The van der Waals surface area contributed by atoms with Gasteiger partial charge < -0.3 is 31.5 Å². The largest absolute Gasteiger partial charge is 0.381 e. The Bertz CT molecular complexity index is 1180. The Hall–Kier alpha value is -2.83. The second kappa shape index (κ2) is 11.3. The number of amides is 2. The topological polar surface area (TPSA) is 133 Å². The highest BCUT2D eigenvalue weighted by atomic mass is 19.1. The SMILES string of the molecule is Nc1nn2cc(F)cnc2c1C(=O)NC1CNCCC1C1CCC(C(=O)N2CCC(N3CCCC3)CC2)NC1. The van der Waals surface area contributed by atoms with Gasteiger partial charge in [0.1, 0.15) is 5.56 Å². The molecule has 12 heteroatoms. The van der Waals surface area contributed by atoms with E-state index in [1.165, 1.54) is 30.4 Å². The van der Waals surface area contributed by atoms with E-state index < -0.39 is 5.82 Å². The number of carbonyl (C=O) groups is 2. The van der Waals surface area contributed by atoms with E-state index in [1.54, 1.807) is 0 Å². The number of anilines is 1. The van der Waals surface area contributed by atoms with Crippen molar-refractivity contribution in [1.82, 2.24) is 40.3 Å². The van der Waals surface area contributed by atoms with Gasteiger partial charge in [0.15, 0.2) is 17.3 Å². The smallest absolute Gasteiger partial charge is 0.259 e. The lowest BCUT2D eigenvalue weighted by Gasteiger charge is -2.42. The Balaban J connectivity index is 1.04. The van der Waals surface area contributed by atoms with Gasteiger partial charge >= 0.3 is 0 Å². The molecule has 0 spiro atoms. The normalized spacial score (nSPS) is 29.1. The van der Waals surface area contributed by atoms with E-state index in [-0.39, 0.29) is 46.8 Å². The van der Waals surface area contributed by atoms with Gasteiger partial charge in [-0.2, -0.15) is 0 Å². The number of nitrogens with one attached hydrogen (secondary N) is 3. The zero-order chi connectivity index (χ0) is 26.9. The molecule has 4 atom stereocenters. The first-order valence-corrected chi connectivity index (χ1v) is 14.5. The molecule has 2 aromatic rings. The fourth-order valence-electron chi connectivity index (χ4n) is 7.22. The number of nitrogen functional groups attached to an aromatic ring is 1. The standard InChI is InChI=1S/C27H40FN9O2/c28-18-14-32-25-23(24(29)34-37(25)16-18)26(38)33-22-15-30-8-5-20(22)17-3-4-21(31-13-17)27(39)36-11-6-19(7-12-36)35-9-1-2-10-35/h14,16-17,19-22,30-31H,1-13,15H2,(H2,29,34)(H,33,38). The first-order valence-electron chi connectivity index (χ1n) is 14.5. The number of carbonyl (C=O) groups excluding carboxylic acids is 2. The Labute approximate surface area is 228 Å². The minimum Gasteiger partial charge on any atom is -0.381 e. The maximum Gasteiger partial charge on any atom is 0.259 e. The summed E-state index contributed by atoms with van der Waals surface area (Å²) in [5.41, 5.74) is 6.41. The van der Waals surface area contributed by atoms with Crippen molar-refractivity contribution in [2.24, 2.45) is 11.8 Å². The monoisotopic (exact) mass is 541 g/mol. The molecule has 0 aliphatic carbocycles. The highest BCUT2D eigenvalue weighted by molar-refractivity contribution is 6.04. The van der Waals surface area contributed by atoms with Gasteiger partial charge in [0.25, 0.3) is 5.91 Å². The van der Waals surface area contributed by atoms with Crippen LogP contribution in [0.3, 0.4) is 0 Å². The number of aromatic nitrogens is 3. The van der Waals surface area contributed by atoms with Crippen molar-refractivity contribution >= 4 is 23.3 Å². The van der Waals surface area contributed by atoms with E-state index in [0.29, 0.717) is 18.5 Å². The highest BCUT2D eigenvalue weighted by Gasteiger charge is 2.38. The van der Waals surface area contributed by atoms with Gasteiger partial charge in [-0.25, -0.2) is 13.9 Å². The van der Waals surface area contributed by atoms with Gasteiger partial charge in [-0.3, -0.25) is 9.59 Å². The summed E-state index contributed by atoms with van der Waals surface area (Å²) in [6.07, 6.45) is 9.69. The summed E-state index contributed by atoms with van der Waals surface area (Å²) in [6, 6.07) is 0.425. The van der Waals surface area contributed by atoms with Crippen molar-refractivity contribution in [1.29, 1.82) is 0 Å². The molecule has 4 aliphatic rings. The molecule has 4 saturated heterocycles. The number of nitrogens with zero attached hydrogens (tertiary/aromatic N) is 5. The van der Waals surface area contributed by atoms with Crippen LogP contribution in [0.25, 0.3) is 5.65 Å². The molecule has 2 amide bonds. The minimum atomic E-state index is -0.554. The van der Waals surface area contributed by atoms with Crippen LogP contribution < -0.4 is 21.7 Å². The molecule has 4 aliphatic heterocycles. The lowest BCUT2D eigenvalue weighted by Crippen LogP contribution is -2.58. The molecule has 2 aromatic heterocycles. The summed E-state index contributed by atoms with van der Waals surface area (Å²) in [5, 5.41) is 14.2. The molecule has 6 rings (SSSR count). The molecule has 11 nitrogen and oxygen atoms in total. The lowest BCUT2D eigenvalue weighted by atomic mass is 9.76. The van der Waals surface area contributed by atoms with Crippen LogP contribution in [0, 0.1) is 17.7 Å². The lowest BCUT2D eigenvalue weighted by molar-refractivity contribution is -0.136. The van der Waals surface area contributed by atoms with Crippen molar-refractivity contribution in [3.05, 3.63) is 23.8 Å². The van der Waals surface area contributed by atoms with Gasteiger partial charge in [-0.15, -0.1) is 5.10 Å². The molecular weight excluding hydrogens is 501 g/mol. The Morgan fingerprint density at radius 2 is 1.85 bits per heavy atom. The second-order valence-electron chi connectivity index (χ2n) is 11.6. The van der Waals surface area contributed by atoms with Gasteiger partial charge in [0, 0.05) is 31.7 Å². The zero-order valence-electron chi connectivity index (χ0n) is 22.4. The van der Waals surface area contributed by atoms with E-state index >= 15 is 0 Å². The number of fused-ring (bicyclic) bond motifs is 1. The maximum atomic E-state index is 13.6. The van der Waals surface area contributed by atoms with E-state index in [9.17, 15) is 14.0 Å². The molecule has 39 heavy (non-hydrogen) atoms. The predicted molar refractivity (Wildman–Crippen MR) is 145 cm³/mol. The summed E-state index contributed by atoms with van der Waals surface area (Å²) in [7, 11) is 0. The zero-order valence-corrected chi connectivity index (χ0v) is 22.4. The predicted octanol–water partition coefficient (Wildman–Crippen LogP) is 0.614. The van der Waals surface area contributed by atoms with E-state index in [1.807, 2.05) is 0 Å². The van der Waals surface area contributed by atoms with Crippen LogP contribution in [0.2, 0.25) is 0 Å². The van der Waals surface area contributed by atoms with Crippen molar-refractivity contribution in [2.45, 2.75) is 63.1 Å². The number of piperidine rings is 3. The van der Waals surface area contributed by atoms with E-state index in [4.69, 9.17) is 5.73 Å². The van der Waals surface area contributed by atoms with Gasteiger partial charge in [-0.05, 0) is 83.0 Å². The summed E-state index contributed by atoms with van der Waals surface area (Å²) in [5.74, 6) is -0.0117. The fourth-order valence-corrected chi connectivity index (χ4v) is 7.22. The summed E-state index contributed by atoms with van der Waals surface area (Å²) in [4.78, 5) is 35.3. The first kappa shape index (κ1) is 26.4. The van der Waals surface area contributed by atoms with Crippen LogP contribution >= 0.6 is 0 Å². The van der Waals surface area contributed by atoms with Crippen LogP contribution in [0.1, 0.15) is 55.3 Å². The molecule has 5 N–H and O–H groups in total. The third-order valence-electron chi connectivity index (χ3n) is 9.34. The maximum absolute atomic E-state index is 13.6. The molecule has 0 aromatic carbocycles. The minimum absolute atomic E-state index is 0.0241. The molecule has 6 heterocycles. The number of nitrogens with two attached hydrogens (primary N) is 1. The molecule has 0 radical (unpaired) electrons. The first-order chi connectivity index (χ1) is 19.0. The van der Waals surface area contributed by atoms with Crippen LogP contribution in [-0.2, 0) is 4.79 Å². The molecular formula is C27H40FN9O2. The molecule has 0 saturated carbocycles. The van der Waals surface area contributed by atoms with Crippen molar-refractivity contribution in [3.8, 4) is 0 Å². The number of likely N-dealkylation sites (tertiary alicyclic amines) is 2. The molecule has 4 unspecified atom stereocenters. The average molecular weight is 542 g/mol. The highest BCUT2D eigenvalue weighted by Crippen LogP contribution is 2.31. The van der Waals surface area contributed by atoms with E-state index in [2.05, 4.69) is 35.8 Å². The molecule has 0 bridgehead atoms. The third-order valence-corrected chi connectivity index (χ3v) is 9.34. The van der Waals surface area contributed by atoms with Gasteiger partial charge in [0.05, 0.1) is 18.4 Å². The number of hydrogen-bond acceptors (Lipinski definition) is 8. The Kier molecular flexibility index (Phi) is 7.68. The van der Waals surface area contributed by atoms with Crippen LogP contribution in [0.15, 0.2) is 12.4 Å². The van der Waals surface area contributed by atoms with Gasteiger partial charge in [0.2, 0.25) is 5.91 Å². The van der Waals surface area contributed by atoms with E-state index in [0.717, 1.165) is 70.7 Å². The third kappa shape index (κ3) is 5.46. The number of rotatable bonds is 5. The quantitative estimate of drug-likeness (QED) is 0.433. The fraction of sp³-hybridized carbons (Fsp3) is 0.704. The Morgan fingerprint density at radius 1 is 1.05 bits per heavy atom. The van der Waals surface area contributed by atoms with Crippen LogP contribution in [0.5, 0.6) is 0 Å². The van der Waals surface area contributed by atoms with Crippen molar-refractivity contribution < 1.29 is 14.0 Å². The summed E-state index contributed by atoms with van der Waals surface area (Å²) in [6.45, 7) is 6.45. The van der Waals surface area contributed by atoms with Gasteiger partial charge in [-0.1, -0.05) is 0 Å². The Morgan fingerprint density at radius 3 is 2.59 bits per heavy atom. The molecule has 212 valence electrons. The summed E-state index contributed by atoms with van der Waals surface area (Å²) < 4.78 is 14.8. The summed E-state index contributed by atoms with van der Waals surface area (Å²) >= 11 is 0. The molecule has 4 fully saturated rings. The van der Waals surface area contributed by atoms with Crippen molar-refractivity contribution in [2.75, 3.05) is 51.5 Å². The number of halogens is 1. The second-order valence-corrected chi connectivity index (χ2v) is 11.6. The average Bonchev–Trinajstić information content (AvgIpc) is 3.60. The van der Waals surface area contributed by atoms with Crippen LogP contribution in [-0.4, -0.2) is 100 Å². The van der Waals surface area contributed by atoms with Crippen molar-refractivity contribution in [3.63, 3.8) is 0 Å². The van der Waals surface area contributed by atoms with Crippen LogP contribution in [0.4, 0.5) is 10.2 Å². The number of hydrogen-bond donors (Lipinski definition) is 4.